The number of anilines is 1. The Bertz CT molecular complexity index is 692. The summed E-state index contributed by atoms with van der Waals surface area (Å²) >= 11 is 11.8. The summed E-state index contributed by atoms with van der Waals surface area (Å²) in [7, 11) is 0. The number of amides is 1. The van der Waals surface area contributed by atoms with E-state index in [4.69, 9.17) is 32.7 Å². The van der Waals surface area contributed by atoms with Crippen LogP contribution < -0.4 is 14.8 Å². The second kappa shape index (κ2) is 9.40. The minimum absolute atomic E-state index is 0.162. The van der Waals surface area contributed by atoms with E-state index < -0.39 is 0 Å². The normalized spacial score (nSPS) is 10.3. The Morgan fingerprint density at radius 3 is 2.62 bits per heavy atom. The largest absolute Gasteiger partial charge is 0.491 e. The summed E-state index contributed by atoms with van der Waals surface area (Å²) in [4.78, 5) is 12.1. The molecule has 0 unspecified atom stereocenters. The molecule has 2 aromatic rings. The first-order chi connectivity index (χ1) is 11.6. The van der Waals surface area contributed by atoms with Gasteiger partial charge in [0.2, 0.25) is 0 Å². The molecule has 4 nitrogen and oxygen atoms in total. The molecule has 0 radical (unpaired) electrons. The van der Waals surface area contributed by atoms with Gasteiger partial charge in [-0.3, -0.25) is 4.79 Å². The van der Waals surface area contributed by atoms with E-state index >= 15 is 0 Å². The Morgan fingerprint density at radius 1 is 1.08 bits per heavy atom. The zero-order valence-electron chi connectivity index (χ0n) is 13.4. The summed E-state index contributed by atoms with van der Waals surface area (Å²) < 4.78 is 11.1. The van der Waals surface area contributed by atoms with E-state index in [2.05, 4.69) is 12.2 Å². The van der Waals surface area contributed by atoms with Crippen molar-refractivity contribution in [3.8, 4) is 11.5 Å². The van der Waals surface area contributed by atoms with Gasteiger partial charge in [-0.15, -0.1) is 0 Å². The zero-order valence-corrected chi connectivity index (χ0v) is 14.9. The lowest BCUT2D eigenvalue weighted by molar-refractivity contribution is -0.118. The van der Waals surface area contributed by atoms with Crippen LogP contribution in [-0.4, -0.2) is 19.1 Å². The van der Waals surface area contributed by atoms with E-state index in [1.165, 1.54) is 0 Å². The number of para-hydroxylation sites is 2. The fourth-order valence-corrected chi connectivity index (χ4v) is 2.41. The van der Waals surface area contributed by atoms with Crippen LogP contribution in [0.25, 0.3) is 0 Å². The monoisotopic (exact) mass is 367 g/mol. The maximum Gasteiger partial charge on any atom is 0.262 e. The van der Waals surface area contributed by atoms with Crippen LogP contribution in [-0.2, 0) is 4.79 Å². The Labute approximate surface area is 151 Å². The van der Waals surface area contributed by atoms with Gasteiger partial charge in [0.25, 0.3) is 5.91 Å². The minimum atomic E-state index is -0.299. The molecule has 2 aromatic carbocycles. The first-order valence-corrected chi connectivity index (χ1v) is 8.45. The minimum Gasteiger partial charge on any atom is -0.491 e. The molecule has 0 aromatic heterocycles. The fourth-order valence-electron chi connectivity index (χ4n) is 1.94. The van der Waals surface area contributed by atoms with Crippen molar-refractivity contribution < 1.29 is 14.3 Å². The summed E-state index contributed by atoms with van der Waals surface area (Å²) in [5.74, 6) is 0.750. The molecule has 0 atom stereocenters. The molecule has 0 aliphatic carbocycles. The molecular weight excluding hydrogens is 349 g/mol. The lowest BCUT2D eigenvalue weighted by Crippen LogP contribution is -2.20. The van der Waals surface area contributed by atoms with Crippen molar-refractivity contribution in [1.29, 1.82) is 0 Å². The molecule has 24 heavy (non-hydrogen) atoms. The Hall–Kier alpha value is -1.91. The van der Waals surface area contributed by atoms with E-state index in [-0.39, 0.29) is 12.5 Å². The van der Waals surface area contributed by atoms with Gasteiger partial charge in [-0.1, -0.05) is 48.7 Å². The first-order valence-electron chi connectivity index (χ1n) is 7.69. The number of halogens is 2. The topological polar surface area (TPSA) is 47.6 Å². The van der Waals surface area contributed by atoms with Crippen LogP contribution in [0.4, 0.5) is 5.69 Å². The number of hydrogen-bond acceptors (Lipinski definition) is 3. The Kier molecular flexibility index (Phi) is 7.22. The Morgan fingerprint density at radius 2 is 1.88 bits per heavy atom. The molecule has 0 saturated heterocycles. The van der Waals surface area contributed by atoms with Gasteiger partial charge in [-0.2, -0.15) is 0 Å². The Balaban J connectivity index is 1.92. The van der Waals surface area contributed by atoms with Gasteiger partial charge < -0.3 is 14.8 Å². The first kappa shape index (κ1) is 18.4. The van der Waals surface area contributed by atoms with E-state index in [0.717, 1.165) is 12.8 Å². The number of nitrogens with one attached hydrogen (secondary N) is 1. The van der Waals surface area contributed by atoms with Crippen molar-refractivity contribution in [2.75, 3.05) is 18.5 Å². The van der Waals surface area contributed by atoms with Crippen LogP contribution in [0.3, 0.4) is 0 Å². The SMILES string of the molecule is CCCCOc1ccccc1NC(=O)COc1ccc(Cl)cc1Cl. The molecule has 6 heteroatoms. The summed E-state index contributed by atoms with van der Waals surface area (Å²) in [5, 5.41) is 3.65. The molecule has 0 saturated carbocycles. The highest BCUT2D eigenvalue weighted by Crippen LogP contribution is 2.28. The number of ether oxygens (including phenoxy) is 2. The lowest BCUT2D eigenvalue weighted by Gasteiger charge is -2.13. The molecule has 0 spiro atoms. The van der Waals surface area contributed by atoms with E-state index in [1.54, 1.807) is 24.3 Å². The summed E-state index contributed by atoms with van der Waals surface area (Å²) in [6.07, 6.45) is 2.00. The van der Waals surface area contributed by atoms with Crippen molar-refractivity contribution in [2.24, 2.45) is 0 Å². The van der Waals surface area contributed by atoms with Gasteiger partial charge in [0.1, 0.15) is 11.5 Å². The summed E-state index contributed by atoms with van der Waals surface area (Å²) in [5.41, 5.74) is 0.615. The third kappa shape index (κ3) is 5.62. The van der Waals surface area contributed by atoms with Gasteiger partial charge in [-0.25, -0.2) is 0 Å². The molecule has 0 fully saturated rings. The smallest absolute Gasteiger partial charge is 0.262 e. The third-order valence-corrected chi connectivity index (χ3v) is 3.70. The standard InChI is InChI=1S/C18H19Cl2NO3/c1-2-3-10-23-17-7-5-4-6-15(17)21-18(22)12-24-16-9-8-13(19)11-14(16)20/h4-9,11H,2-3,10,12H2,1H3,(H,21,22). The molecular formula is C18H19Cl2NO3. The maximum absolute atomic E-state index is 12.1. The van der Waals surface area contributed by atoms with Crippen LogP contribution in [0, 0.1) is 0 Å². The second-order valence-electron chi connectivity index (χ2n) is 5.11. The van der Waals surface area contributed by atoms with Crippen LogP contribution in [0.15, 0.2) is 42.5 Å². The molecule has 0 aliphatic rings. The number of carbonyl (C=O) groups excluding carboxylic acids is 1. The van der Waals surface area contributed by atoms with Crippen LogP contribution in [0.1, 0.15) is 19.8 Å². The van der Waals surface area contributed by atoms with Crippen molar-refractivity contribution in [3.05, 3.63) is 52.5 Å². The highest BCUT2D eigenvalue weighted by Gasteiger charge is 2.10. The van der Waals surface area contributed by atoms with Crippen LogP contribution in [0.2, 0.25) is 10.0 Å². The third-order valence-electron chi connectivity index (χ3n) is 3.17. The molecule has 1 amide bonds. The second-order valence-corrected chi connectivity index (χ2v) is 5.95. The maximum atomic E-state index is 12.1. The van der Waals surface area contributed by atoms with Gasteiger partial charge in [0.05, 0.1) is 17.3 Å². The molecule has 0 bridgehead atoms. The van der Waals surface area contributed by atoms with Crippen molar-refractivity contribution in [2.45, 2.75) is 19.8 Å². The van der Waals surface area contributed by atoms with E-state index in [9.17, 15) is 4.79 Å². The van der Waals surface area contributed by atoms with E-state index in [0.29, 0.717) is 33.8 Å². The van der Waals surface area contributed by atoms with Crippen molar-refractivity contribution in [3.63, 3.8) is 0 Å². The average molecular weight is 368 g/mol. The number of unbranched alkanes of at least 4 members (excludes halogenated alkanes) is 1. The van der Waals surface area contributed by atoms with Gasteiger partial charge in [-0.05, 0) is 36.8 Å². The van der Waals surface area contributed by atoms with Gasteiger partial charge in [0, 0.05) is 5.02 Å². The van der Waals surface area contributed by atoms with Crippen LogP contribution in [0.5, 0.6) is 11.5 Å². The average Bonchev–Trinajstić information content (AvgIpc) is 2.56. The number of carbonyl (C=O) groups is 1. The number of rotatable bonds is 8. The summed E-state index contributed by atoms with van der Waals surface area (Å²) in [6, 6.07) is 12.1. The van der Waals surface area contributed by atoms with Gasteiger partial charge in [0.15, 0.2) is 6.61 Å². The fraction of sp³-hybridized carbons (Fsp3) is 0.278. The molecule has 0 heterocycles. The molecule has 128 valence electrons. The van der Waals surface area contributed by atoms with Crippen molar-refractivity contribution >= 4 is 34.8 Å². The summed E-state index contributed by atoms with van der Waals surface area (Å²) in [6.45, 7) is 2.54. The van der Waals surface area contributed by atoms with Crippen LogP contribution >= 0.6 is 23.2 Å². The zero-order chi connectivity index (χ0) is 17.4. The number of hydrogen-bond donors (Lipinski definition) is 1. The molecule has 1 N–H and O–H groups in total. The highest BCUT2D eigenvalue weighted by molar-refractivity contribution is 6.35. The van der Waals surface area contributed by atoms with Gasteiger partial charge >= 0.3 is 0 Å². The lowest BCUT2D eigenvalue weighted by atomic mass is 10.3. The molecule has 2 rings (SSSR count). The van der Waals surface area contributed by atoms with E-state index in [1.807, 2.05) is 18.2 Å². The van der Waals surface area contributed by atoms with Crippen molar-refractivity contribution in [1.82, 2.24) is 0 Å². The predicted octanol–water partition coefficient (Wildman–Crippen LogP) is 5.19. The highest BCUT2D eigenvalue weighted by atomic mass is 35.5. The number of benzene rings is 2. The molecule has 0 aliphatic heterocycles. The quantitative estimate of drug-likeness (QED) is 0.653. The predicted molar refractivity (Wildman–Crippen MR) is 97.4 cm³/mol.